The first kappa shape index (κ1) is 23.2. The van der Waals surface area contributed by atoms with E-state index < -0.39 is 0 Å². The third kappa shape index (κ3) is 3.52. The summed E-state index contributed by atoms with van der Waals surface area (Å²) in [5.74, 6) is 0. The van der Waals surface area contributed by atoms with Gasteiger partial charge in [0.2, 0.25) is 0 Å². The maximum Gasteiger partial charge on any atom is 0.197 e. The molecule has 0 aliphatic rings. The first-order chi connectivity index (χ1) is 18.9. The van der Waals surface area contributed by atoms with Crippen molar-refractivity contribution in [3.05, 3.63) is 129 Å². The molecule has 0 amide bonds. The van der Waals surface area contributed by atoms with Gasteiger partial charge < -0.3 is 9.55 Å². The van der Waals surface area contributed by atoms with Crippen molar-refractivity contribution in [3.63, 3.8) is 0 Å². The van der Waals surface area contributed by atoms with E-state index in [2.05, 4.69) is 67.4 Å². The van der Waals surface area contributed by atoms with Gasteiger partial charge in [0.05, 0.1) is 22.1 Å². The zero-order valence-corrected chi connectivity index (χ0v) is 22.0. The van der Waals surface area contributed by atoms with Gasteiger partial charge in [0.15, 0.2) is 10.9 Å². The predicted molar refractivity (Wildman–Crippen MR) is 163 cm³/mol. The fourth-order valence-electron chi connectivity index (χ4n) is 5.79. The molecule has 0 spiro atoms. The zero-order chi connectivity index (χ0) is 26.8. The average Bonchev–Trinajstić information content (AvgIpc) is 2.96. The van der Waals surface area contributed by atoms with Crippen LogP contribution in [0, 0.1) is 13.8 Å². The number of fused-ring (bicyclic) bond motifs is 4. The lowest BCUT2D eigenvalue weighted by molar-refractivity contribution is 1.00. The minimum atomic E-state index is -0.0472. The lowest BCUT2D eigenvalue weighted by Crippen LogP contribution is -2.12. The fraction of sp³-hybridized carbons (Fsp3) is 0.0857. The molecule has 2 heterocycles. The number of aromatic nitrogens is 2. The highest BCUT2D eigenvalue weighted by Gasteiger charge is 2.17. The standard InChI is InChI=1S/C35H26N2O2/c1-20-10-14-22(15-11-20)24-6-4-8-26-32(24)36-30-18-29-31(19-28(30)34(26)38)37(3)33-25(7-5-9-27(33)35(29)39)23-16-12-21(2)13-17-23/h4-19H,1-3H3,(H,36,38). The highest BCUT2D eigenvalue weighted by atomic mass is 16.1. The second-order valence-electron chi connectivity index (χ2n) is 10.4. The van der Waals surface area contributed by atoms with Crippen LogP contribution in [0.5, 0.6) is 0 Å². The largest absolute Gasteiger partial charge is 0.354 e. The minimum absolute atomic E-state index is 0.0401. The molecular formula is C35H26N2O2. The summed E-state index contributed by atoms with van der Waals surface area (Å²) in [5.41, 5.74) is 9.33. The molecule has 4 nitrogen and oxygen atoms in total. The Morgan fingerprint density at radius 1 is 0.590 bits per heavy atom. The van der Waals surface area contributed by atoms with Crippen molar-refractivity contribution in [2.75, 3.05) is 0 Å². The Balaban J connectivity index is 1.57. The van der Waals surface area contributed by atoms with Gasteiger partial charge in [0, 0.05) is 39.7 Å². The van der Waals surface area contributed by atoms with E-state index in [1.54, 1.807) is 0 Å². The van der Waals surface area contributed by atoms with Gasteiger partial charge >= 0.3 is 0 Å². The molecular weight excluding hydrogens is 480 g/mol. The van der Waals surface area contributed by atoms with Crippen LogP contribution in [-0.4, -0.2) is 9.55 Å². The third-order valence-electron chi connectivity index (χ3n) is 7.90. The second kappa shape index (κ2) is 8.53. The van der Waals surface area contributed by atoms with Crippen LogP contribution in [0.15, 0.2) is 107 Å². The Morgan fingerprint density at radius 3 is 1.82 bits per heavy atom. The number of H-pyrrole nitrogens is 1. The molecule has 1 N–H and O–H groups in total. The molecule has 0 saturated carbocycles. The first-order valence-electron chi connectivity index (χ1n) is 13.1. The lowest BCUT2D eigenvalue weighted by atomic mass is 9.97. The Kier molecular flexibility index (Phi) is 5.07. The van der Waals surface area contributed by atoms with Crippen LogP contribution in [0.1, 0.15) is 11.1 Å². The van der Waals surface area contributed by atoms with Crippen LogP contribution < -0.4 is 10.9 Å². The molecule has 0 aliphatic heterocycles. The van der Waals surface area contributed by atoms with Gasteiger partial charge in [-0.25, -0.2) is 0 Å². The number of hydrogen-bond donors (Lipinski definition) is 1. The lowest BCUT2D eigenvalue weighted by Gasteiger charge is -2.16. The van der Waals surface area contributed by atoms with Crippen LogP contribution in [0.25, 0.3) is 65.9 Å². The number of pyridine rings is 2. The first-order valence-corrected chi connectivity index (χ1v) is 13.1. The molecule has 0 bridgehead atoms. The Labute approximate surface area is 224 Å². The summed E-state index contributed by atoms with van der Waals surface area (Å²) < 4.78 is 2.05. The molecule has 0 unspecified atom stereocenters. The van der Waals surface area contributed by atoms with Crippen molar-refractivity contribution >= 4 is 43.6 Å². The smallest absolute Gasteiger partial charge is 0.197 e. The van der Waals surface area contributed by atoms with Crippen LogP contribution in [0.2, 0.25) is 0 Å². The third-order valence-corrected chi connectivity index (χ3v) is 7.90. The molecule has 4 heteroatoms. The van der Waals surface area contributed by atoms with Crippen LogP contribution in [-0.2, 0) is 7.05 Å². The summed E-state index contributed by atoms with van der Waals surface area (Å²) in [6, 6.07) is 32.0. The van der Waals surface area contributed by atoms with Crippen molar-refractivity contribution in [3.8, 4) is 22.3 Å². The summed E-state index contributed by atoms with van der Waals surface area (Å²) in [4.78, 5) is 31.2. The summed E-state index contributed by atoms with van der Waals surface area (Å²) in [6.07, 6.45) is 0. The summed E-state index contributed by atoms with van der Waals surface area (Å²) in [7, 11) is 1.97. The van der Waals surface area contributed by atoms with E-state index in [1.807, 2.05) is 60.1 Å². The fourth-order valence-corrected chi connectivity index (χ4v) is 5.79. The highest BCUT2D eigenvalue weighted by Crippen LogP contribution is 2.32. The van der Waals surface area contributed by atoms with Gasteiger partial charge in [-0.1, -0.05) is 83.9 Å². The number of rotatable bonds is 2. The molecule has 5 aromatic carbocycles. The molecule has 39 heavy (non-hydrogen) atoms. The van der Waals surface area contributed by atoms with Gasteiger partial charge in [0.1, 0.15) is 0 Å². The van der Waals surface area contributed by atoms with E-state index >= 15 is 0 Å². The molecule has 7 rings (SSSR count). The molecule has 0 atom stereocenters. The Morgan fingerprint density at radius 2 is 1.15 bits per heavy atom. The SMILES string of the molecule is Cc1ccc(-c2cccc3c(=O)c4cc5c(cc4[nH]c23)c(=O)c2cccc(-c3ccc(C)cc3)c2n5C)cc1. The normalized spacial score (nSPS) is 11.7. The van der Waals surface area contributed by atoms with E-state index in [4.69, 9.17) is 0 Å². The van der Waals surface area contributed by atoms with Crippen LogP contribution in [0.3, 0.4) is 0 Å². The summed E-state index contributed by atoms with van der Waals surface area (Å²) in [5, 5.41) is 2.44. The van der Waals surface area contributed by atoms with Gasteiger partial charge in [-0.3, -0.25) is 9.59 Å². The van der Waals surface area contributed by atoms with E-state index in [9.17, 15) is 9.59 Å². The quantitative estimate of drug-likeness (QED) is 0.245. The number of aryl methyl sites for hydroxylation is 3. The second-order valence-corrected chi connectivity index (χ2v) is 10.4. The molecule has 188 valence electrons. The average molecular weight is 507 g/mol. The Bertz CT molecular complexity index is 2220. The van der Waals surface area contributed by atoms with Crippen molar-refractivity contribution in [1.82, 2.24) is 9.55 Å². The van der Waals surface area contributed by atoms with Crippen molar-refractivity contribution < 1.29 is 0 Å². The van der Waals surface area contributed by atoms with E-state index in [0.717, 1.165) is 38.8 Å². The van der Waals surface area contributed by atoms with E-state index in [1.165, 1.54) is 11.1 Å². The maximum atomic E-state index is 13.9. The minimum Gasteiger partial charge on any atom is -0.354 e. The van der Waals surface area contributed by atoms with Gasteiger partial charge in [0.25, 0.3) is 0 Å². The Hall–Kier alpha value is -4.96. The van der Waals surface area contributed by atoms with Crippen LogP contribution >= 0.6 is 0 Å². The van der Waals surface area contributed by atoms with Crippen LogP contribution in [0.4, 0.5) is 0 Å². The maximum absolute atomic E-state index is 13.9. The van der Waals surface area contributed by atoms with Gasteiger partial charge in [-0.15, -0.1) is 0 Å². The van der Waals surface area contributed by atoms with Crippen molar-refractivity contribution in [2.45, 2.75) is 13.8 Å². The van der Waals surface area contributed by atoms with E-state index in [-0.39, 0.29) is 10.9 Å². The predicted octanol–water partition coefficient (Wildman–Crippen LogP) is 7.64. The van der Waals surface area contributed by atoms with Gasteiger partial charge in [-0.2, -0.15) is 0 Å². The van der Waals surface area contributed by atoms with Crippen molar-refractivity contribution in [1.29, 1.82) is 0 Å². The summed E-state index contributed by atoms with van der Waals surface area (Å²) >= 11 is 0. The number of nitrogens with zero attached hydrogens (tertiary/aromatic N) is 1. The molecule has 0 saturated heterocycles. The van der Waals surface area contributed by atoms with Crippen molar-refractivity contribution in [2.24, 2.45) is 7.05 Å². The molecule has 2 aromatic heterocycles. The summed E-state index contributed by atoms with van der Waals surface area (Å²) in [6.45, 7) is 4.12. The molecule has 0 aliphatic carbocycles. The highest BCUT2D eigenvalue weighted by molar-refractivity contribution is 6.07. The zero-order valence-electron chi connectivity index (χ0n) is 22.0. The number of aromatic amines is 1. The number of hydrogen-bond acceptors (Lipinski definition) is 2. The molecule has 0 radical (unpaired) electrons. The van der Waals surface area contributed by atoms with E-state index in [0.29, 0.717) is 27.1 Å². The number of para-hydroxylation sites is 2. The molecule has 0 fully saturated rings. The number of benzene rings is 5. The molecule has 7 aromatic rings. The monoisotopic (exact) mass is 506 g/mol. The van der Waals surface area contributed by atoms with Gasteiger partial charge in [-0.05, 0) is 49.2 Å². The number of nitrogens with one attached hydrogen (secondary N) is 1. The topological polar surface area (TPSA) is 54.9 Å².